The molecule has 2 heterocycles. The van der Waals surface area contributed by atoms with Crippen LogP contribution in [0.1, 0.15) is 34.3 Å². The number of hydrogen-bond acceptors (Lipinski definition) is 6. The fourth-order valence-corrected chi connectivity index (χ4v) is 5.06. The zero-order chi connectivity index (χ0) is 25.8. The number of para-hydroxylation sites is 2. The third-order valence-electron chi connectivity index (χ3n) is 7.00. The topological polar surface area (TPSA) is 114 Å². The van der Waals surface area contributed by atoms with Crippen LogP contribution < -0.4 is 26.3 Å². The highest BCUT2D eigenvalue weighted by atomic mass is 16.6. The first-order chi connectivity index (χ1) is 18.0. The van der Waals surface area contributed by atoms with Crippen LogP contribution in [0.15, 0.2) is 66.7 Å². The first-order valence-electron chi connectivity index (χ1n) is 12.5. The predicted octanol–water partition coefficient (Wildman–Crippen LogP) is 3.08. The van der Waals surface area contributed by atoms with Gasteiger partial charge in [-0.3, -0.25) is 9.69 Å². The Hall–Kier alpha value is -4.08. The van der Waals surface area contributed by atoms with Crippen LogP contribution in [0.25, 0.3) is 0 Å². The highest BCUT2D eigenvalue weighted by Crippen LogP contribution is 2.34. The van der Waals surface area contributed by atoms with Gasteiger partial charge in [0.05, 0.1) is 12.8 Å². The maximum absolute atomic E-state index is 12.9. The van der Waals surface area contributed by atoms with Crippen molar-refractivity contribution in [3.63, 3.8) is 0 Å². The minimum atomic E-state index is -0.279. The Kier molecular flexibility index (Phi) is 7.25. The molecule has 0 aromatic heterocycles. The molecule has 0 atom stereocenters. The maximum atomic E-state index is 12.9. The number of anilines is 3. The van der Waals surface area contributed by atoms with Crippen molar-refractivity contribution in [2.24, 2.45) is 0 Å². The second kappa shape index (κ2) is 10.9. The Labute approximate surface area is 216 Å². The van der Waals surface area contributed by atoms with Crippen LogP contribution in [0.4, 0.5) is 27.5 Å². The second-order valence-electron chi connectivity index (χ2n) is 9.28. The first kappa shape index (κ1) is 24.6. The van der Waals surface area contributed by atoms with E-state index >= 15 is 0 Å². The number of cyclic esters (lactones) is 1. The summed E-state index contributed by atoms with van der Waals surface area (Å²) in [6.07, 6.45) is 1.32. The molecule has 0 saturated carbocycles. The average Bonchev–Trinajstić information content (AvgIpc) is 2.93. The number of rotatable bonds is 7. The summed E-state index contributed by atoms with van der Waals surface area (Å²) < 4.78 is 5.43. The van der Waals surface area contributed by atoms with Gasteiger partial charge in [-0.05, 0) is 42.7 Å². The number of nitrogens with zero attached hydrogens (tertiary/aromatic N) is 2. The van der Waals surface area contributed by atoms with Crippen LogP contribution >= 0.6 is 0 Å². The van der Waals surface area contributed by atoms with Crippen molar-refractivity contribution in [1.82, 2.24) is 5.32 Å². The fourth-order valence-electron chi connectivity index (χ4n) is 5.06. The van der Waals surface area contributed by atoms with Crippen LogP contribution in [0.2, 0.25) is 0 Å². The molecule has 2 aliphatic rings. The summed E-state index contributed by atoms with van der Waals surface area (Å²) in [7, 11) is 1.60. The molecule has 0 bridgehead atoms. The van der Waals surface area contributed by atoms with E-state index < -0.39 is 0 Å². The molecule has 0 spiro atoms. The Morgan fingerprint density at radius 3 is 2.62 bits per heavy atom. The van der Waals surface area contributed by atoms with Gasteiger partial charge in [0.1, 0.15) is 12.3 Å². The molecule has 0 unspecified atom stereocenters. The number of quaternary nitrogens is 1. The summed E-state index contributed by atoms with van der Waals surface area (Å²) in [5.74, 6) is -0.179. The van der Waals surface area contributed by atoms with Crippen molar-refractivity contribution in [2.45, 2.75) is 32.0 Å². The largest absolute Gasteiger partial charge is 0.444 e. The van der Waals surface area contributed by atoms with Gasteiger partial charge in [-0.1, -0.05) is 36.4 Å². The van der Waals surface area contributed by atoms with Gasteiger partial charge < -0.3 is 20.7 Å². The lowest BCUT2D eigenvalue weighted by atomic mass is 9.99. The van der Waals surface area contributed by atoms with Gasteiger partial charge >= 0.3 is 6.09 Å². The van der Waals surface area contributed by atoms with Crippen molar-refractivity contribution in [3.05, 3.63) is 83.4 Å². The van der Waals surface area contributed by atoms with Gasteiger partial charge in [0.15, 0.2) is 5.69 Å². The quantitative estimate of drug-likeness (QED) is 0.338. The molecular weight excluding hydrogens is 470 g/mol. The lowest BCUT2D eigenvalue weighted by Crippen LogP contribution is -2.76. The molecule has 5 rings (SSSR count). The number of carbonyl (C=O) groups is 2. The van der Waals surface area contributed by atoms with Gasteiger partial charge in [0, 0.05) is 48.6 Å². The van der Waals surface area contributed by atoms with Gasteiger partial charge in [0.25, 0.3) is 5.91 Å². The van der Waals surface area contributed by atoms with E-state index in [1.54, 1.807) is 12.6 Å². The molecule has 3 aromatic carbocycles. The van der Waals surface area contributed by atoms with Crippen LogP contribution in [0.3, 0.4) is 0 Å². The third kappa shape index (κ3) is 5.23. The zero-order valence-corrected chi connectivity index (χ0v) is 20.9. The van der Waals surface area contributed by atoms with Crippen molar-refractivity contribution < 1.29 is 24.6 Å². The summed E-state index contributed by atoms with van der Waals surface area (Å²) in [6.45, 7) is 2.20. The van der Waals surface area contributed by atoms with Gasteiger partial charge in [0.2, 0.25) is 0 Å². The molecule has 9 heteroatoms. The summed E-state index contributed by atoms with van der Waals surface area (Å²) in [6, 6.07) is 21.1. The van der Waals surface area contributed by atoms with E-state index in [4.69, 9.17) is 15.3 Å². The SMILES string of the molecule is CO[NH2+]c1cc(C(=O)NCc2ccccc2N)ccc1N1CCC(N2C(=O)OCc3ccccc32)CC1. The molecular formula is C28H32N5O4+. The number of ether oxygens (including phenoxy) is 1. The van der Waals surface area contributed by atoms with Crippen LogP contribution in [0.5, 0.6) is 0 Å². The average molecular weight is 503 g/mol. The molecule has 3 aromatic rings. The Bertz CT molecular complexity index is 1290. The molecule has 2 amide bonds. The molecule has 0 aliphatic carbocycles. The highest BCUT2D eigenvalue weighted by molar-refractivity contribution is 5.96. The lowest BCUT2D eigenvalue weighted by molar-refractivity contribution is -0.829. The molecule has 0 radical (unpaired) electrons. The third-order valence-corrected chi connectivity index (χ3v) is 7.00. The van der Waals surface area contributed by atoms with E-state index in [-0.39, 0.29) is 18.0 Å². The lowest BCUT2D eigenvalue weighted by Gasteiger charge is -2.40. The van der Waals surface area contributed by atoms with E-state index in [2.05, 4.69) is 10.2 Å². The number of nitrogens with one attached hydrogen (secondary N) is 1. The highest BCUT2D eigenvalue weighted by Gasteiger charge is 2.34. The minimum absolute atomic E-state index is 0.0653. The van der Waals surface area contributed by atoms with Crippen molar-refractivity contribution in [2.75, 3.05) is 35.7 Å². The Morgan fingerprint density at radius 1 is 1.08 bits per heavy atom. The van der Waals surface area contributed by atoms with Crippen molar-refractivity contribution in [3.8, 4) is 0 Å². The normalized spacial score (nSPS) is 15.8. The van der Waals surface area contributed by atoms with Gasteiger partial charge in [-0.15, -0.1) is 0 Å². The second-order valence-corrected chi connectivity index (χ2v) is 9.28. The molecule has 1 saturated heterocycles. The molecule has 5 N–H and O–H groups in total. The first-order valence-corrected chi connectivity index (χ1v) is 12.5. The fraction of sp³-hybridized carbons (Fsp3) is 0.286. The number of hydrogen-bond donors (Lipinski definition) is 3. The predicted molar refractivity (Wildman–Crippen MR) is 141 cm³/mol. The summed E-state index contributed by atoms with van der Waals surface area (Å²) in [5.41, 5.74) is 13.5. The summed E-state index contributed by atoms with van der Waals surface area (Å²) >= 11 is 0. The summed E-state index contributed by atoms with van der Waals surface area (Å²) in [5, 5.41) is 2.94. The van der Waals surface area contributed by atoms with E-state index in [0.29, 0.717) is 24.4 Å². The van der Waals surface area contributed by atoms with E-state index in [1.165, 1.54) is 0 Å². The molecule has 192 valence electrons. The van der Waals surface area contributed by atoms with Crippen LogP contribution in [-0.4, -0.2) is 38.2 Å². The standard InChI is InChI=1S/C28H31N5O4/c1-36-31-24-16-19(27(34)30-17-20-6-2-4-8-23(20)29)10-11-26(24)32-14-12-22(13-15-32)33-25-9-5-3-7-21(25)18-37-28(33)35/h2-11,16,22,31H,12-15,17-18,29H2,1H3,(H,30,34)/p+1. The number of nitrogens with two attached hydrogens (primary N) is 2. The smallest absolute Gasteiger partial charge is 0.414 e. The number of carbonyl (C=O) groups excluding carboxylic acids is 2. The molecule has 1 fully saturated rings. The maximum Gasteiger partial charge on any atom is 0.414 e. The number of nitrogen functional groups attached to an aromatic ring is 1. The number of benzene rings is 3. The van der Waals surface area contributed by atoms with Gasteiger partial charge in [-0.2, -0.15) is 5.48 Å². The van der Waals surface area contributed by atoms with Crippen molar-refractivity contribution in [1.29, 1.82) is 0 Å². The Morgan fingerprint density at radius 2 is 1.84 bits per heavy atom. The molecule has 2 aliphatic heterocycles. The van der Waals surface area contributed by atoms with Crippen molar-refractivity contribution >= 4 is 34.7 Å². The van der Waals surface area contributed by atoms with E-state index in [0.717, 1.165) is 54.1 Å². The van der Waals surface area contributed by atoms with Gasteiger partial charge in [-0.25, -0.2) is 9.63 Å². The monoisotopic (exact) mass is 502 g/mol. The Balaban J connectivity index is 1.27. The van der Waals surface area contributed by atoms with E-state index in [1.807, 2.05) is 71.6 Å². The number of fused-ring (bicyclic) bond motifs is 1. The van der Waals surface area contributed by atoms with Crippen LogP contribution in [0, 0.1) is 0 Å². The minimum Gasteiger partial charge on any atom is -0.444 e. The zero-order valence-electron chi connectivity index (χ0n) is 20.9. The number of amides is 2. The molecule has 37 heavy (non-hydrogen) atoms. The van der Waals surface area contributed by atoms with Crippen LogP contribution in [-0.2, 0) is 22.7 Å². The van der Waals surface area contributed by atoms with E-state index in [9.17, 15) is 9.59 Å². The molecule has 9 nitrogen and oxygen atoms in total. The number of piperidine rings is 1. The summed E-state index contributed by atoms with van der Waals surface area (Å²) in [4.78, 5) is 34.9.